The topological polar surface area (TPSA) is 130 Å². The fraction of sp³-hybridized carbons (Fsp3) is 0.846. The minimum Gasteiger partial charge on any atom is -0.464 e. The summed E-state index contributed by atoms with van der Waals surface area (Å²) in [5.41, 5.74) is -1.46. The highest BCUT2D eigenvalue weighted by Gasteiger charge is 2.34. The van der Waals surface area contributed by atoms with Crippen LogP contribution in [0.2, 0.25) is 0 Å². The molecule has 0 radical (unpaired) electrons. The van der Waals surface area contributed by atoms with Crippen molar-refractivity contribution in [1.82, 2.24) is 9.80 Å². The highest BCUT2D eigenvalue weighted by molar-refractivity contribution is 5.82. The van der Waals surface area contributed by atoms with Gasteiger partial charge in [-0.1, -0.05) is 13.8 Å². The Labute approximate surface area is 227 Å². The molecule has 0 rings (SSSR count). The van der Waals surface area contributed by atoms with E-state index in [0.29, 0.717) is 25.7 Å². The van der Waals surface area contributed by atoms with Crippen LogP contribution in [-0.4, -0.2) is 98.1 Å². The van der Waals surface area contributed by atoms with Crippen LogP contribution in [-0.2, 0) is 38.0 Å². The summed E-state index contributed by atoms with van der Waals surface area (Å²) in [6.07, 6.45) is 0.136. The normalized spacial score (nSPS) is 13.2. The number of ether oxygens (including phenoxy) is 6. The van der Waals surface area contributed by atoms with E-state index in [1.807, 2.05) is 0 Å². The van der Waals surface area contributed by atoms with E-state index in [0.717, 1.165) is 0 Å². The molecule has 0 saturated carbocycles. The minimum atomic E-state index is -0.868. The zero-order valence-corrected chi connectivity index (χ0v) is 24.8. The van der Waals surface area contributed by atoms with Crippen LogP contribution in [0.4, 0.5) is 9.59 Å². The van der Waals surface area contributed by atoms with E-state index < -0.39 is 47.4 Å². The van der Waals surface area contributed by atoms with Crippen LogP contribution in [0.15, 0.2) is 0 Å². The molecule has 2 atom stereocenters. The maximum absolute atomic E-state index is 12.7. The van der Waals surface area contributed by atoms with Gasteiger partial charge in [0.1, 0.15) is 36.7 Å². The summed E-state index contributed by atoms with van der Waals surface area (Å²) in [5, 5.41) is 0. The molecule has 0 aromatic heterocycles. The summed E-state index contributed by atoms with van der Waals surface area (Å²) in [6, 6.07) is -1.74. The molecule has 0 spiro atoms. The van der Waals surface area contributed by atoms with Crippen molar-refractivity contribution in [2.24, 2.45) is 0 Å². The molecule has 0 saturated heterocycles. The number of hydrogen-bond acceptors (Lipinski definition) is 10. The first kappa shape index (κ1) is 35.4. The number of unbranched alkanes of at least 4 members (excludes halogenated alkanes) is 1. The second-order valence-corrected chi connectivity index (χ2v) is 10.6. The number of esters is 2. The Bertz CT molecular complexity index is 683. The predicted octanol–water partition coefficient (Wildman–Crippen LogP) is 4.09. The van der Waals surface area contributed by atoms with Crippen molar-refractivity contribution in [3.8, 4) is 0 Å². The molecule has 0 bridgehead atoms. The van der Waals surface area contributed by atoms with Crippen LogP contribution in [0, 0.1) is 0 Å². The van der Waals surface area contributed by atoms with Gasteiger partial charge < -0.3 is 28.4 Å². The quantitative estimate of drug-likeness (QED) is 0.128. The van der Waals surface area contributed by atoms with Gasteiger partial charge in [-0.15, -0.1) is 0 Å². The van der Waals surface area contributed by atoms with E-state index in [4.69, 9.17) is 28.4 Å². The number of nitrogens with zero attached hydrogens (tertiary/aromatic N) is 2. The van der Waals surface area contributed by atoms with Crippen molar-refractivity contribution in [2.45, 2.75) is 104 Å². The number of hydrogen-bond donors (Lipinski definition) is 0. The van der Waals surface area contributed by atoms with Crippen LogP contribution in [0.5, 0.6) is 0 Å². The third-order valence-corrected chi connectivity index (χ3v) is 4.89. The lowest BCUT2D eigenvalue weighted by atomic mass is 10.2. The lowest BCUT2D eigenvalue weighted by molar-refractivity contribution is -0.154. The third-order valence-electron chi connectivity index (χ3n) is 4.89. The van der Waals surface area contributed by atoms with Gasteiger partial charge in [0.2, 0.25) is 0 Å². The van der Waals surface area contributed by atoms with E-state index in [-0.39, 0.29) is 26.7 Å². The average molecular weight is 549 g/mol. The highest BCUT2D eigenvalue weighted by Crippen LogP contribution is 2.16. The van der Waals surface area contributed by atoms with Crippen molar-refractivity contribution in [3.05, 3.63) is 0 Å². The summed E-state index contributed by atoms with van der Waals surface area (Å²) in [7, 11) is 2.84. The SMILES string of the molecule is CC[C@@H](C(=O)OCCCCOC(=O)[C@H](CC)N(COC)C(=O)OC(C)(C)C)N(COC)C(=O)OC(C)(C)C. The van der Waals surface area contributed by atoms with Crippen LogP contribution in [0.25, 0.3) is 0 Å². The number of carbonyl (C=O) groups is 4. The zero-order valence-electron chi connectivity index (χ0n) is 24.8. The Morgan fingerprint density at radius 3 is 1.18 bits per heavy atom. The number of methoxy groups -OCH3 is 2. The zero-order chi connectivity index (χ0) is 29.5. The Morgan fingerprint density at radius 1 is 0.632 bits per heavy atom. The van der Waals surface area contributed by atoms with Gasteiger partial charge in [0.05, 0.1) is 13.2 Å². The second-order valence-electron chi connectivity index (χ2n) is 10.6. The van der Waals surface area contributed by atoms with Crippen molar-refractivity contribution in [2.75, 3.05) is 40.9 Å². The number of rotatable bonds is 15. The molecule has 0 aliphatic heterocycles. The number of carbonyl (C=O) groups excluding carboxylic acids is 4. The fourth-order valence-corrected chi connectivity index (χ4v) is 3.23. The summed E-state index contributed by atoms with van der Waals surface area (Å²) >= 11 is 0. The predicted molar refractivity (Wildman–Crippen MR) is 139 cm³/mol. The van der Waals surface area contributed by atoms with Gasteiger partial charge in [0, 0.05) is 14.2 Å². The van der Waals surface area contributed by atoms with Crippen molar-refractivity contribution < 1.29 is 47.6 Å². The molecular weight excluding hydrogens is 500 g/mol. The molecule has 0 heterocycles. The molecule has 222 valence electrons. The van der Waals surface area contributed by atoms with Crippen molar-refractivity contribution >= 4 is 24.1 Å². The van der Waals surface area contributed by atoms with E-state index in [9.17, 15) is 19.2 Å². The van der Waals surface area contributed by atoms with Gasteiger partial charge in [0.15, 0.2) is 0 Å². The monoisotopic (exact) mass is 548 g/mol. The van der Waals surface area contributed by atoms with Crippen LogP contribution < -0.4 is 0 Å². The lowest BCUT2D eigenvalue weighted by Gasteiger charge is -2.31. The largest absolute Gasteiger partial charge is 0.464 e. The van der Waals surface area contributed by atoms with Crippen LogP contribution >= 0.6 is 0 Å². The Balaban J connectivity index is 4.81. The molecule has 0 aliphatic rings. The average Bonchev–Trinajstić information content (AvgIpc) is 2.78. The molecule has 0 aromatic rings. The van der Waals surface area contributed by atoms with E-state index in [2.05, 4.69) is 0 Å². The maximum atomic E-state index is 12.7. The molecule has 0 aromatic carbocycles. The molecule has 12 nitrogen and oxygen atoms in total. The molecule has 2 amide bonds. The first-order chi connectivity index (χ1) is 17.6. The van der Waals surface area contributed by atoms with Crippen LogP contribution in [0.3, 0.4) is 0 Å². The summed E-state index contributed by atoms with van der Waals surface area (Å²) in [5.74, 6) is -1.16. The molecule has 12 heteroatoms. The molecule has 0 fully saturated rings. The Morgan fingerprint density at radius 2 is 0.947 bits per heavy atom. The summed E-state index contributed by atoms with van der Waals surface area (Å²) in [4.78, 5) is 52.8. The minimum absolute atomic E-state index is 0.0763. The van der Waals surface area contributed by atoms with Gasteiger partial charge in [-0.05, 0) is 67.2 Å². The van der Waals surface area contributed by atoms with Gasteiger partial charge >= 0.3 is 24.1 Å². The van der Waals surface area contributed by atoms with Gasteiger partial charge in [0.25, 0.3) is 0 Å². The van der Waals surface area contributed by atoms with Gasteiger partial charge in [-0.25, -0.2) is 19.2 Å². The number of amides is 2. The molecule has 0 N–H and O–H groups in total. The standard InChI is InChI=1S/C26H48N2O10/c1-11-19(27(17-33-9)23(31)37-25(3,4)5)21(29)35-15-13-14-16-36-22(30)20(12-2)28(18-34-10)24(32)38-26(6,7)8/h19-20H,11-18H2,1-10H3/t19-,20-/m0/s1. The fourth-order valence-electron chi connectivity index (χ4n) is 3.23. The van der Waals surface area contributed by atoms with E-state index >= 15 is 0 Å². The lowest BCUT2D eigenvalue weighted by Crippen LogP contribution is -2.48. The maximum Gasteiger partial charge on any atom is 0.412 e. The Kier molecular flexibility index (Phi) is 15.9. The highest BCUT2D eigenvalue weighted by atomic mass is 16.6. The molecule has 0 unspecified atom stereocenters. The van der Waals surface area contributed by atoms with E-state index in [1.54, 1.807) is 55.4 Å². The second kappa shape index (κ2) is 17.1. The summed E-state index contributed by atoms with van der Waals surface area (Å²) in [6.45, 7) is 13.8. The Hall–Kier alpha value is -2.60. The third kappa shape index (κ3) is 13.8. The van der Waals surface area contributed by atoms with Crippen molar-refractivity contribution in [3.63, 3.8) is 0 Å². The molecule has 38 heavy (non-hydrogen) atoms. The first-order valence-electron chi connectivity index (χ1n) is 12.9. The van der Waals surface area contributed by atoms with Crippen LogP contribution in [0.1, 0.15) is 81.1 Å². The van der Waals surface area contributed by atoms with Crippen molar-refractivity contribution in [1.29, 1.82) is 0 Å². The summed E-state index contributed by atoms with van der Waals surface area (Å²) < 4.78 is 31.6. The van der Waals surface area contributed by atoms with E-state index in [1.165, 1.54) is 24.0 Å². The smallest absolute Gasteiger partial charge is 0.412 e. The van der Waals surface area contributed by atoms with Gasteiger partial charge in [-0.3, -0.25) is 9.80 Å². The first-order valence-corrected chi connectivity index (χ1v) is 12.9. The molecule has 0 aliphatic carbocycles. The van der Waals surface area contributed by atoms with Gasteiger partial charge in [-0.2, -0.15) is 0 Å². The molecular formula is C26H48N2O10.